The molecule has 110 valence electrons. The molecule has 0 aliphatic rings. The summed E-state index contributed by atoms with van der Waals surface area (Å²) in [6, 6.07) is 20.1. The van der Waals surface area contributed by atoms with Gasteiger partial charge < -0.3 is 5.32 Å². The van der Waals surface area contributed by atoms with Gasteiger partial charge in [0.2, 0.25) is 5.91 Å². The normalized spacial score (nSPS) is 12.1. The van der Waals surface area contributed by atoms with Gasteiger partial charge in [-0.25, -0.2) is 0 Å². The minimum atomic E-state index is -0.244. The molecule has 0 spiro atoms. The van der Waals surface area contributed by atoms with Crippen molar-refractivity contribution in [2.75, 3.05) is 0 Å². The third kappa shape index (κ3) is 4.19. The zero-order chi connectivity index (χ0) is 15.1. The van der Waals surface area contributed by atoms with E-state index in [1.54, 1.807) is 0 Å². The van der Waals surface area contributed by atoms with Crippen molar-refractivity contribution in [3.8, 4) is 0 Å². The maximum Gasteiger partial charge on any atom is 0.232 e. The molecule has 0 aliphatic heterocycles. The maximum absolute atomic E-state index is 12.7. The Balaban J connectivity index is 2.27. The topological polar surface area (TPSA) is 29.1 Å². The summed E-state index contributed by atoms with van der Waals surface area (Å²) in [7, 11) is 0. The Labute approximate surface area is 127 Å². The van der Waals surface area contributed by atoms with E-state index in [1.807, 2.05) is 60.7 Å². The van der Waals surface area contributed by atoms with E-state index >= 15 is 0 Å². The van der Waals surface area contributed by atoms with Crippen molar-refractivity contribution in [1.82, 2.24) is 5.32 Å². The van der Waals surface area contributed by atoms with Crippen LogP contribution in [0.5, 0.6) is 0 Å². The van der Waals surface area contributed by atoms with Crippen molar-refractivity contribution < 1.29 is 4.79 Å². The monoisotopic (exact) mass is 281 g/mol. The molecule has 2 rings (SSSR count). The van der Waals surface area contributed by atoms with Crippen LogP contribution < -0.4 is 5.32 Å². The zero-order valence-corrected chi connectivity index (χ0v) is 12.8. The zero-order valence-electron chi connectivity index (χ0n) is 12.8. The lowest BCUT2D eigenvalue weighted by molar-refractivity contribution is -0.122. The standard InChI is InChI=1S/C19H23NO/c1-3-10-15(2)20-19(21)18(16-11-6-4-7-12-16)17-13-8-5-9-14-17/h4-9,11-15,18H,3,10H2,1-2H3,(H,20,21)/t15-/m0/s1. The molecule has 2 heteroatoms. The molecule has 0 bridgehead atoms. The van der Waals surface area contributed by atoms with Crippen LogP contribution in [0.2, 0.25) is 0 Å². The van der Waals surface area contributed by atoms with E-state index in [9.17, 15) is 4.79 Å². The molecule has 0 heterocycles. The molecular weight excluding hydrogens is 258 g/mol. The van der Waals surface area contributed by atoms with Gasteiger partial charge in [0.15, 0.2) is 0 Å². The molecule has 0 aromatic heterocycles. The number of hydrogen-bond donors (Lipinski definition) is 1. The first-order chi connectivity index (χ1) is 10.2. The highest BCUT2D eigenvalue weighted by Crippen LogP contribution is 2.25. The predicted molar refractivity (Wildman–Crippen MR) is 87.2 cm³/mol. The number of carbonyl (C=O) groups is 1. The molecule has 0 unspecified atom stereocenters. The van der Waals surface area contributed by atoms with Crippen molar-refractivity contribution >= 4 is 5.91 Å². The SMILES string of the molecule is CCC[C@H](C)NC(=O)C(c1ccccc1)c1ccccc1. The molecule has 1 atom stereocenters. The van der Waals surface area contributed by atoms with Gasteiger partial charge in [0.25, 0.3) is 0 Å². The summed E-state index contributed by atoms with van der Waals surface area (Å²) in [5.41, 5.74) is 2.06. The Morgan fingerprint density at radius 1 is 0.952 bits per heavy atom. The quantitative estimate of drug-likeness (QED) is 0.847. The highest BCUT2D eigenvalue weighted by Gasteiger charge is 2.23. The maximum atomic E-state index is 12.7. The van der Waals surface area contributed by atoms with Crippen LogP contribution in [-0.4, -0.2) is 11.9 Å². The number of amides is 1. The van der Waals surface area contributed by atoms with E-state index in [0.717, 1.165) is 24.0 Å². The van der Waals surface area contributed by atoms with Gasteiger partial charge in [-0.05, 0) is 24.5 Å². The second-order valence-corrected chi connectivity index (χ2v) is 5.45. The van der Waals surface area contributed by atoms with E-state index in [1.165, 1.54) is 0 Å². The molecule has 2 aromatic carbocycles. The Bertz CT molecular complexity index is 511. The summed E-state index contributed by atoms with van der Waals surface area (Å²) in [4.78, 5) is 12.7. The molecule has 2 nitrogen and oxygen atoms in total. The average molecular weight is 281 g/mol. The molecule has 0 saturated heterocycles. The van der Waals surface area contributed by atoms with Crippen molar-refractivity contribution in [3.05, 3.63) is 71.8 Å². The van der Waals surface area contributed by atoms with Crippen LogP contribution in [0.15, 0.2) is 60.7 Å². The van der Waals surface area contributed by atoms with Gasteiger partial charge in [0, 0.05) is 6.04 Å². The van der Waals surface area contributed by atoms with Crippen molar-refractivity contribution in [2.24, 2.45) is 0 Å². The van der Waals surface area contributed by atoms with E-state index in [2.05, 4.69) is 19.2 Å². The van der Waals surface area contributed by atoms with Gasteiger partial charge in [-0.3, -0.25) is 4.79 Å². The largest absolute Gasteiger partial charge is 0.353 e. The van der Waals surface area contributed by atoms with E-state index < -0.39 is 0 Å². The highest BCUT2D eigenvalue weighted by atomic mass is 16.1. The molecule has 0 saturated carbocycles. The van der Waals surface area contributed by atoms with Gasteiger partial charge in [0.1, 0.15) is 0 Å². The first kappa shape index (κ1) is 15.3. The van der Waals surface area contributed by atoms with Gasteiger partial charge in [-0.1, -0.05) is 74.0 Å². The summed E-state index contributed by atoms with van der Waals surface area (Å²) in [6.45, 7) is 4.20. The molecule has 0 aliphatic carbocycles. The van der Waals surface area contributed by atoms with Gasteiger partial charge in [-0.2, -0.15) is 0 Å². The van der Waals surface area contributed by atoms with Crippen LogP contribution in [0.25, 0.3) is 0 Å². The van der Waals surface area contributed by atoms with E-state index in [-0.39, 0.29) is 17.9 Å². The number of benzene rings is 2. The summed E-state index contributed by atoms with van der Waals surface area (Å²) < 4.78 is 0. The van der Waals surface area contributed by atoms with Gasteiger partial charge in [-0.15, -0.1) is 0 Å². The number of carbonyl (C=O) groups excluding carboxylic acids is 1. The fourth-order valence-corrected chi connectivity index (χ4v) is 2.62. The summed E-state index contributed by atoms with van der Waals surface area (Å²) in [5.74, 6) is -0.167. The van der Waals surface area contributed by atoms with Crippen LogP contribution in [0.3, 0.4) is 0 Å². The summed E-state index contributed by atoms with van der Waals surface area (Å²) in [5, 5.41) is 3.14. The second-order valence-electron chi connectivity index (χ2n) is 5.45. The third-order valence-electron chi connectivity index (χ3n) is 3.64. The third-order valence-corrected chi connectivity index (χ3v) is 3.64. The first-order valence-electron chi connectivity index (χ1n) is 7.62. The molecular formula is C19H23NO. The molecule has 1 N–H and O–H groups in total. The summed E-state index contributed by atoms with van der Waals surface area (Å²) >= 11 is 0. The highest BCUT2D eigenvalue weighted by molar-refractivity contribution is 5.87. The number of rotatable bonds is 6. The molecule has 2 aromatic rings. The molecule has 0 radical (unpaired) electrons. The first-order valence-corrected chi connectivity index (χ1v) is 7.62. The van der Waals surface area contributed by atoms with Crippen molar-refractivity contribution in [1.29, 1.82) is 0 Å². The average Bonchev–Trinajstić information content (AvgIpc) is 2.50. The molecule has 21 heavy (non-hydrogen) atoms. The van der Waals surface area contributed by atoms with Crippen LogP contribution in [0.1, 0.15) is 43.7 Å². The van der Waals surface area contributed by atoms with Crippen LogP contribution in [-0.2, 0) is 4.79 Å². The fourth-order valence-electron chi connectivity index (χ4n) is 2.62. The second kappa shape index (κ2) is 7.63. The smallest absolute Gasteiger partial charge is 0.232 e. The minimum Gasteiger partial charge on any atom is -0.353 e. The summed E-state index contributed by atoms with van der Waals surface area (Å²) in [6.07, 6.45) is 2.07. The van der Waals surface area contributed by atoms with E-state index in [4.69, 9.17) is 0 Å². The molecule has 0 fully saturated rings. The lowest BCUT2D eigenvalue weighted by Crippen LogP contribution is -2.36. The van der Waals surface area contributed by atoms with Crippen molar-refractivity contribution in [3.63, 3.8) is 0 Å². The lowest BCUT2D eigenvalue weighted by atomic mass is 9.90. The Morgan fingerprint density at radius 3 is 1.86 bits per heavy atom. The van der Waals surface area contributed by atoms with Crippen molar-refractivity contribution in [2.45, 2.75) is 38.6 Å². The molecule has 1 amide bonds. The number of nitrogens with one attached hydrogen (secondary N) is 1. The van der Waals surface area contributed by atoms with Gasteiger partial charge >= 0.3 is 0 Å². The Kier molecular flexibility index (Phi) is 5.56. The van der Waals surface area contributed by atoms with Gasteiger partial charge in [0.05, 0.1) is 5.92 Å². The minimum absolute atomic E-state index is 0.0772. The fraction of sp³-hybridized carbons (Fsp3) is 0.316. The Morgan fingerprint density at radius 2 is 1.43 bits per heavy atom. The van der Waals surface area contributed by atoms with Crippen LogP contribution in [0.4, 0.5) is 0 Å². The van der Waals surface area contributed by atoms with Crippen LogP contribution in [0, 0.1) is 0 Å². The van der Waals surface area contributed by atoms with Crippen LogP contribution >= 0.6 is 0 Å². The van der Waals surface area contributed by atoms with E-state index in [0.29, 0.717) is 0 Å². The predicted octanol–water partition coefficient (Wildman–Crippen LogP) is 4.12. The number of hydrogen-bond acceptors (Lipinski definition) is 1. The lowest BCUT2D eigenvalue weighted by Gasteiger charge is -2.21. The Hall–Kier alpha value is -2.09.